The van der Waals surface area contributed by atoms with Gasteiger partial charge in [-0.15, -0.1) is 0 Å². The van der Waals surface area contributed by atoms with Crippen LogP contribution >= 0.6 is 0 Å². The first-order valence-electron chi connectivity index (χ1n) is 13.1. The number of carbonyl (C=O) groups excluding carboxylic acids is 2. The number of aliphatic hydroxyl groups is 1. The van der Waals surface area contributed by atoms with Crippen LogP contribution in [0.4, 0.5) is 18.9 Å². The van der Waals surface area contributed by atoms with Crippen LogP contribution in [0.5, 0.6) is 0 Å². The van der Waals surface area contributed by atoms with Crippen molar-refractivity contribution in [2.45, 2.75) is 69.8 Å². The van der Waals surface area contributed by atoms with Gasteiger partial charge in [0.05, 0.1) is 23.1 Å². The molecule has 0 saturated heterocycles. The van der Waals surface area contributed by atoms with E-state index < -0.39 is 41.1 Å². The smallest absolute Gasteiger partial charge is 0.392 e. The number of benzodiazepines with no additional fused rings is 1. The van der Waals surface area contributed by atoms with E-state index in [-0.39, 0.29) is 11.6 Å². The van der Waals surface area contributed by atoms with Gasteiger partial charge in [0.15, 0.2) is 5.78 Å². The van der Waals surface area contributed by atoms with Crippen molar-refractivity contribution in [2.24, 2.45) is 22.6 Å². The quantitative estimate of drug-likeness (QED) is 0.331. The minimum atomic E-state index is -4.52. The first-order valence-corrected chi connectivity index (χ1v) is 13.1. The van der Waals surface area contributed by atoms with Crippen molar-refractivity contribution in [3.05, 3.63) is 65.2 Å². The van der Waals surface area contributed by atoms with Crippen molar-refractivity contribution in [3.63, 3.8) is 0 Å². The van der Waals surface area contributed by atoms with Gasteiger partial charge in [-0.1, -0.05) is 69.4 Å². The van der Waals surface area contributed by atoms with Gasteiger partial charge >= 0.3 is 6.18 Å². The van der Waals surface area contributed by atoms with Gasteiger partial charge in [0.2, 0.25) is 5.66 Å². The number of aliphatic imine (C=N–C) groups is 1. The third-order valence-electron chi connectivity index (χ3n) is 7.49. The van der Waals surface area contributed by atoms with Crippen LogP contribution < -0.4 is 10.6 Å². The molecule has 1 unspecified atom stereocenters. The number of nitrogens with zero attached hydrogens (tertiary/aromatic N) is 2. The van der Waals surface area contributed by atoms with E-state index in [4.69, 9.17) is 5.73 Å². The average molecular weight is 530 g/mol. The highest BCUT2D eigenvalue weighted by Crippen LogP contribution is 2.40. The van der Waals surface area contributed by atoms with E-state index in [1.807, 2.05) is 6.92 Å². The van der Waals surface area contributed by atoms with E-state index in [9.17, 15) is 27.9 Å². The number of hydrogen-bond acceptors (Lipinski definition) is 5. The lowest BCUT2D eigenvalue weighted by Gasteiger charge is -2.32. The molecule has 204 valence electrons. The number of likely N-dealkylation sites (N-methyl/N-ethyl adjacent to an activating group) is 1. The van der Waals surface area contributed by atoms with Gasteiger partial charge in [-0.25, -0.2) is 4.99 Å². The summed E-state index contributed by atoms with van der Waals surface area (Å²) >= 11 is 0. The summed E-state index contributed by atoms with van der Waals surface area (Å²) in [6, 6.07) is 11.2. The number of hydrogen-bond donors (Lipinski definition) is 2. The highest BCUT2D eigenvalue weighted by Gasteiger charge is 2.51. The fraction of sp³-hybridized carbons (Fsp3) is 0.483. The molecule has 2 aliphatic rings. The zero-order valence-corrected chi connectivity index (χ0v) is 21.7. The van der Waals surface area contributed by atoms with Gasteiger partial charge in [0.25, 0.3) is 5.91 Å². The predicted molar refractivity (Wildman–Crippen MR) is 140 cm³/mol. The van der Waals surface area contributed by atoms with Crippen molar-refractivity contribution in [1.82, 2.24) is 0 Å². The number of Topliss-reactive ketones (excluding diaryl/α,β-unsaturated/α-hetero) is 1. The lowest BCUT2D eigenvalue weighted by atomic mass is 9.82. The Labute approximate surface area is 220 Å². The average Bonchev–Trinajstić information content (AvgIpc) is 3.73. The minimum absolute atomic E-state index is 0.147. The number of anilines is 1. The molecule has 1 amide bonds. The van der Waals surface area contributed by atoms with Gasteiger partial charge in [0.1, 0.15) is 0 Å². The van der Waals surface area contributed by atoms with E-state index in [2.05, 4.69) is 4.99 Å². The zero-order valence-electron chi connectivity index (χ0n) is 21.7. The number of alkyl halides is 3. The normalized spacial score (nSPS) is 21.4. The summed E-state index contributed by atoms with van der Waals surface area (Å²) in [5, 5.41) is 11.1. The van der Waals surface area contributed by atoms with E-state index in [0.717, 1.165) is 44.2 Å². The SMILES string of the molecule is CCCCC[C@H](O)[C@@H](CC1CC1)C(=O)C1(N)N=C(c2ccc(C(F)(F)F)cc2)c2ccccc2N(C)C1=O. The van der Waals surface area contributed by atoms with Gasteiger partial charge in [0, 0.05) is 24.1 Å². The molecule has 0 aromatic heterocycles. The number of aliphatic hydroxyl groups excluding tert-OH is 1. The summed E-state index contributed by atoms with van der Waals surface area (Å²) in [5.41, 5.74) is 4.77. The molecule has 1 fully saturated rings. The van der Waals surface area contributed by atoms with Gasteiger partial charge in [-0.05, 0) is 37.0 Å². The fourth-order valence-corrected chi connectivity index (χ4v) is 5.05. The summed E-state index contributed by atoms with van der Waals surface area (Å²) in [6.07, 6.45) is -0.168. The van der Waals surface area contributed by atoms with Crippen molar-refractivity contribution in [2.75, 3.05) is 11.9 Å². The molecule has 2 aromatic carbocycles. The number of para-hydroxylation sites is 1. The highest BCUT2D eigenvalue weighted by molar-refractivity contribution is 6.26. The molecule has 9 heteroatoms. The number of ketones is 1. The molecular weight excluding hydrogens is 495 g/mol. The van der Waals surface area contributed by atoms with Gasteiger partial charge in [-0.2, -0.15) is 13.2 Å². The molecule has 4 rings (SSSR count). The Balaban J connectivity index is 1.81. The maximum absolute atomic E-state index is 14.1. The van der Waals surface area contributed by atoms with Crippen LogP contribution in [0.15, 0.2) is 53.5 Å². The molecule has 0 radical (unpaired) electrons. The molecule has 6 nitrogen and oxygen atoms in total. The number of amides is 1. The zero-order chi connectivity index (χ0) is 27.7. The van der Waals surface area contributed by atoms with Crippen LogP contribution in [-0.4, -0.2) is 41.3 Å². The molecule has 38 heavy (non-hydrogen) atoms. The van der Waals surface area contributed by atoms with Crippen molar-refractivity contribution < 1.29 is 27.9 Å². The Morgan fingerprint density at radius 2 is 1.82 bits per heavy atom. The molecular formula is C29H34F3N3O3. The number of nitrogens with two attached hydrogens (primary N) is 1. The first-order chi connectivity index (χ1) is 18.0. The van der Waals surface area contributed by atoms with Crippen LogP contribution in [0.25, 0.3) is 0 Å². The number of fused-ring (bicyclic) bond motifs is 1. The molecule has 3 N–H and O–H groups in total. The maximum atomic E-state index is 14.1. The third kappa shape index (κ3) is 5.68. The Hall–Kier alpha value is -3.04. The Kier molecular flexibility index (Phi) is 8.09. The van der Waals surface area contributed by atoms with Crippen LogP contribution in [-0.2, 0) is 15.8 Å². The highest BCUT2D eigenvalue weighted by atomic mass is 19.4. The number of carbonyl (C=O) groups is 2. The molecule has 3 atom stereocenters. The van der Waals surface area contributed by atoms with E-state index in [0.29, 0.717) is 29.7 Å². The monoisotopic (exact) mass is 529 g/mol. The largest absolute Gasteiger partial charge is 0.416 e. The summed E-state index contributed by atoms with van der Waals surface area (Å²) in [4.78, 5) is 33.7. The van der Waals surface area contributed by atoms with Crippen molar-refractivity contribution in [1.29, 1.82) is 0 Å². The molecule has 1 heterocycles. The summed E-state index contributed by atoms with van der Waals surface area (Å²) in [5.74, 6) is -2.01. The number of benzene rings is 2. The van der Waals surface area contributed by atoms with Gasteiger partial charge in [-0.3, -0.25) is 15.3 Å². The van der Waals surface area contributed by atoms with E-state index in [1.165, 1.54) is 24.1 Å². The molecule has 1 saturated carbocycles. The molecule has 1 aliphatic heterocycles. The van der Waals surface area contributed by atoms with E-state index in [1.54, 1.807) is 24.3 Å². The number of halogens is 3. The van der Waals surface area contributed by atoms with Gasteiger partial charge < -0.3 is 10.0 Å². The summed E-state index contributed by atoms with van der Waals surface area (Å²) < 4.78 is 39.6. The Bertz CT molecular complexity index is 1210. The van der Waals surface area contributed by atoms with Crippen LogP contribution in [0, 0.1) is 11.8 Å². The molecule has 1 aliphatic carbocycles. The number of unbranched alkanes of at least 4 members (excludes halogenated alkanes) is 2. The molecule has 0 spiro atoms. The summed E-state index contributed by atoms with van der Waals surface area (Å²) in [7, 11) is 1.49. The van der Waals surface area contributed by atoms with Crippen molar-refractivity contribution >= 4 is 23.1 Å². The topological polar surface area (TPSA) is 96.0 Å². The Morgan fingerprint density at radius 1 is 1.16 bits per heavy atom. The summed E-state index contributed by atoms with van der Waals surface area (Å²) in [6.45, 7) is 2.04. The van der Waals surface area contributed by atoms with Crippen LogP contribution in [0.3, 0.4) is 0 Å². The number of rotatable bonds is 10. The molecule has 2 aromatic rings. The molecule has 0 bridgehead atoms. The van der Waals surface area contributed by atoms with Crippen molar-refractivity contribution in [3.8, 4) is 0 Å². The van der Waals surface area contributed by atoms with Crippen LogP contribution in [0.1, 0.15) is 68.6 Å². The first kappa shape index (κ1) is 28.0. The Morgan fingerprint density at radius 3 is 2.42 bits per heavy atom. The van der Waals surface area contributed by atoms with E-state index >= 15 is 0 Å². The third-order valence-corrected chi connectivity index (χ3v) is 7.49. The lowest BCUT2D eigenvalue weighted by molar-refractivity contribution is -0.139. The second kappa shape index (κ2) is 11.0. The second-order valence-corrected chi connectivity index (χ2v) is 10.4. The predicted octanol–water partition coefficient (Wildman–Crippen LogP) is 5.10. The minimum Gasteiger partial charge on any atom is -0.392 e. The maximum Gasteiger partial charge on any atom is 0.416 e. The standard InChI is InChI=1S/C29H34F3N3O3/c1-3-4-5-10-24(36)22(17-18-11-12-18)26(37)28(33)27(38)35(2)23-9-7-6-8-21(23)25(34-28)19-13-15-20(16-14-19)29(30,31)32/h6-9,13-16,18,22,24,36H,3-5,10-12,17,33H2,1-2H3/t22-,24+,28?/m1/s1. The van der Waals surface area contributed by atoms with Crippen LogP contribution in [0.2, 0.25) is 0 Å². The second-order valence-electron chi connectivity index (χ2n) is 10.4. The fourth-order valence-electron chi connectivity index (χ4n) is 5.05. The lowest BCUT2D eigenvalue weighted by Crippen LogP contribution is -2.61.